The summed E-state index contributed by atoms with van der Waals surface area (Å²) in [7, 11) is 0. The molecule has 1 aliphatic carbocycles. The van der Waals surface area contributed by atoms with Crippen LogP contribution in [0.15, 0.2) is 35.1 Å². The SMILES string of the molecule is Cc1nc(C(=O)N[C@@H](c2ccc(C3CC3)cc2)C(C)(C)C)cc(=O)[nH]1. The number of hydrogen-bond acceptors (Lipinski definition) is 3. The second-order valence-corrected chi connectivity index (χ2v) is 7.93. The minimum Gasteiger partial charge on any atom is -0.343 e. The molecule has 0 radical (unpaired) electrons. The van der Waals surface area contributed by atoms with Gasteiger partial charge in [0.25, 0.3) is 11.5 Å². The number of benzene rings is 1. The van der Waals surface area contributed by atoms with Crippen LogP contribution in [0.5, 0.6) is 0 Å². The number of aryl methyl sites for hydroxylation is 1. The lowest BCUT2D eigenvalue weighted by atomic mass is 9.82. The smallest absolute Gasteiger partial charge is 0.270 e. The molecule has 0 saturated heterocycles. The lowest BCUT2D eigenvalue weighted by molar-refractivity contribution is 0.0896. The molecule has 1 saturated carbocycles. The monoisotopic (exact) mass is 339 g/mol. The second-order valence-electron chi connectivity index (χ2n) is 7.93. The Hall–Kier alpha value is -2.43. The van der Waals surface area contributed by atoms with Crippen molar-refractivity contribution in [1.29, 1.82) is 0 Å². The van der Waals surface area contributed by atoms with Crippen molar-refractivity contribution in [3.05, 3.63) is 63.3 Å². The van der Waals surface area contributed by atoms with Gasteiger partial charge in [0, 0.05) is 6.07 Å². The molecule has 1 aromatic heterocycles. The summed E-state index contributed by atoms with van der Waals surface area (Å²) in [6.45, 7) is 7.92. The second kappa shape index (κ2) is 6.47. The summed E-state index contributed by atoms with van der Waals surface area (Å²) in [5, 5.41) is 3.05. The maximum absolute atomic E-state index is 12.6. The van der Waals surface area contributed by atoms with Crippen molar-refractivity contribution in [2.75, 3.05) is 0 Å². The van der Waals surface area contributed by atoms with Crippen LogP contribution in [0.3, 0.4) is 0 Å². The van der Waals surface area contributed by atoms with Crippen molar-refractivity contribution in [3.8, 4) is 0 Å². The zero-order chi connectivity index (χ0) is 18.2. The number of amides is 1. The van der Waals surface area contributed by atoms with Gasteiger partial charge in [-0.1, -0.05) is 45.0 Å². The summed E-state index contributed by atoms with van der Waals surface area (Å²) < 4.78 is 0. The van der Waals surface area contributed by atoms with E-state index in [0.717, 1.165) is 5.56 Å². The zero-order valence-corrected chi connectivity index (χ0v) is 15.2. The van der Waals surface area contributed by atoms with E-state index >= 15 is 0 Å². The minimum atomic E-state index is -0.333. The van der Waals surface area contributed by atoms with E-state index in [2.05, 4.69) is 60.3 Å². The van der Waals surface area contributed by atoms with Gasteiger partial charge in [-0.25, -0.2) is 4.98 Å². The van der Waals surface area contributed by atoms with Crippen LogP contribution in [0.2, 0.25) is 0 Å². The third-order valence-electron chi connectivity index (χ3n) is 4.55. The number of aromatic nitrogens is 2. The highest BCUT2D eigenvalue weighted by Crippen LogP contribution is 2.41. The molecule has 5 heteroatoms. The van der Waals surface area contributed by atoms with Crippen LogP contribution in [0.25, 0.3) is 0 Å². The summed E-state index contributed by atoms with van der Waals surface area (Å²) >= 11 is 0. The lowest BCUT2D eigenvalue weighted by Crippen LogP contribution is -2.37. The maximum atomic E-state index is 12.6. The largest absolute Gasteiger partial charge is 0.343 e. The molecule has 2 N–H and O–H groups in total. The molecule has 1 amide bonds. The molecule has 132 valence electrons. The highest BCUT2D eigenvalue weighted by molar-refractivity contribution is 5.92. The number of H-pyrrole nitrogens is 1. The van der Waals surface area contributed by atoms with Crippen LogP contribution in [0.4, 0.5) is 0 Å². The van der Waals surface area contributed by atoms with E-state index in [1.807, 2.05) is 0 Å². The number of nitrogens with zero attached hydrogens (tertiary/aromatic N) is 1. The Balaban J connectivity index is 1.85. The first-order chi connectivity index (χ1) is 11.7. The van der Waals surface area contributed by atoms with Gasteiger partial charge in [-0.15, -0.1) is 0 Å². The third-order valence-corrected chi connectivity index (χ3v) is 4.55. The van der Waals surface area contributed by atoms with E-state index in [4.69, 9.17) is 0 Å². The maximum Gasteiger partial charge on any atom is 0.270 e. The number of nitrogens with one attached hydrogen (secondary N) is 2. The zero-order valence-electron chi connectivity index (χ0n) is 15.2. The van der Waals surface area contributed by atoms with Gasteiger partial charge < -0.3 is 10.3 Å². The first kappa shape index (κ1) is 17.4. The molecule has 1 aliphatic rings. The molecule has 25 heavy (non-hydrogen) atoms. The Bertz CT molecular complexity index is 827. The summed E-state index contributed by atoms with van der Waals surface area (Å²) in [6.07, 6.45) is 2.54. The van der Waals surface area contributed by atoms with Gasteiger partial charge in [0.1, 0.15) is 11.5 Å². The van der Waals surface area contributed by atoms with Crippen LogP contribution < -0.4 is 10.9 Å². The number of hydrogen-bond donors (Lipinski definition) is 2. The summed E-state index contributed by atoms with van der Waals surface area (Å²) in [5.41, 5.74) is 2.08. The van der Waals surface area contributed by atoms with E-state index in [0.29, 0.717) is 11.7 Å². The number of rotatable bonds is 4. The van der Waals surface area contributed by atoms with Gasteiger partial charge in [-0.3, -0.25) is 9.59 Å². The lowest BCUT2D eigenvalue weighted by Gasteiger charge is -2.32. The molecular weight excluding hydrogens is 314 g/mol. The fourth-order valence-electron chi connectivity index (χ4n) is 3.08. The Morgan fingerprint density at radius 2 is 1.88 bits per heavy atom. The summed E-state index contributed by atoms with van der Waals surface area (Å²) in [5.74, 6) is 0.805. The third kappa shape index (κ3) is 4.16. The van der Waals surface area contributed by atoms with Crippen LogP contribution in [0, 0.1) is 12.3 Å². The molecule has 1 heterocycles. The molecule has 3 rings (SSSR count). The van der Waals surface area contributed by atoms with Crippen LogP contribution in [-0.2, 0) is 0 Å². The molecule has 1 atom stereocenters. The van der Waals surface area contributed by atoms with Crippen molar-refractivity contribution in [2.24, 2.45) is 5.41 Å². The average Bonchev–Trinajstić information content (AvgIpc) is 3.35. The predicted molar refractivity (Wildman–Crippen MR) is 97.7 cm³/mol. The van der Waals surface area contributed by atoms with Crippen molar-refractivity contribution >= 4 is 5.91 Å². The van der Waals surface area contributed by atoms with Crippen LogP contribution in [-0.4, -0.2) is 15.9 Å². The highest BCUT2D eigenvalue weighted by Gasteiger charge is 2.29. The Kier molecular flexibility index (Phi) is 4.50. The minimum absolute atomic E-state index is 0.144. The molecule has 0 aliphatic heterocycles. The van der Waals surface area contributed by atoms with Gasteiger partial charge in [-0.2, -0.15) is 0 Å². The number of carbonyl (C=O) groups is 1. The number of carbonyl (C=O) groups excluding carboxylic acids is 1. The van der Waals surface area contributed by atoms with Crippen molar-refractivity contribution in [2.45, 2.75) is 52.5 Å². The molecule has 0 spiro atoms. The first-order valence-electron chi connectivity index (χ1n) is 8.73. The molecule has 0 bridgehead atoms. The fraction of sp³-hybridized carbons (Fsp3) is 0.450. The van der Waals surface area contributed by atoms with Gasteiger partial charge >= 0.3 is 0 Å². The normalized spacial score (nSPS) is 15.7. The quantitative estimate of drug-likeness (QED) is 0.895. The topological polar surface area (TPSA) is 74.8 Å². The summed E-state index contributed by atoms with van der Waals surface area (Å²) in [4.78, 5) is 30.9. The molecule has 5 nitrogen and oxygen atoms in total. The predicted octanol–water partition coefficient (Wildman–Crippen LogP) is 3.47. The van der Waals surface area contributed by atoms with E-state index < -0.39 is 0 Å². The van der Waals surface area contributed by atoms with Gasteiger partial charge in [0.2, 0.25) is 0 Å². The Morgan fingerprint density at radius 3 is 2.40 bits per heavy atom. The van der Waals surface area contributed by atoms with E-state index in [1.54, 1.807) is 6.92 Å². The average molecular weight is 339 g/mol. The van der Waals surface area contributed by atoms with Gasteiger partial charge in [0.15, 0.2) is 0 Å². The Morgan fingerprint density at radius 1 is 1.24 bits per heavy atom. The Labute approximate surface area is 147 Å². The van der Waals surface area contributed by atoms with Gasteiger partial charge in [0.05, 0.1) is 6.04 Å². The fourth-order valence-corrected chi connectivity index (χ4v) is 3.08. The van der Waals surface area contributed by atoms with E-state index in [-0.39, 0.29) is 28.6 Å². The van der Waals surface area contributed by atoms with Crippen molar-refractivity contribution in [3.63, 3.8) is 0 Å². The number of aromatic amines is 1. The van der Waals surface area contributed by atoms with Crippen molar-refractivity contribution in [1.82, 2.24) is 15.3 Å². The molecule has 1 aromatic carbocycles. The first-order valence-corrected chi connectivity index (χ1v) is 8.73. The molecule has 2 aromatic rings. The highest BCUT2D eigenvalue weighted by atomic mass is 16.2. The molecule has 0 unspecified atom stereocenters. The van der Waals surface area contributed by atoms with Gasteiger partial charge in [-0.05, 0) is 42.2 Å². The summed E-state index contributed by atoms with van der Waals surface area (Å²) in [6, 6.07) is 9.58. The molecule has 1 fully saturated rings. The van der Waals surface area contributed by atoms with Crippen molar-refractivity contribution < 1.29 is 4.79 Å². The van der Waals surface area contributed by atoms with E-state index in [9.17, 15) is 9.59 Å². The van der Waals surface area contributed by atoms with Crippen LogP contribution in [0.1, 0.15) is 73.0 Å². The van der Waals surface area contributed by atoms with Crippen LogP contribution >= 0.6 is 0 Å². The van der Waals surface area contributed by atoms with E-state index in [1.165, 1.54) is 24.5 Å². The standard InChI is InChI=1S/C20H25N3O2/c1-12-21-16(11-17(24)22-12)19(25)23-18(20(2,3)4)15-9-7-14(8-10-15)13-5-6-13/h7-11,13,18H,5-6H2,1-4H3,(H,23,25)(H,21,22,24)/t18-/m0/s1. The molecular formula is C20H25N3O2.